The summed E-state index contributed by atoms with van der Waals surface area (Å²) in [6.07, 6.45) is 2.64. The van der Waals surface area contributed by atoms with Gasteiger partial charge < -0.3 is 21.1 Å². The van der Waals surface area contributed by atoms with Crippen LogP contribution >= 0.6 is 0 Å². The molecule has 0 bridgehead atoms. The molecule has 2 aromatic rings. The quantitative estimate of drug-likeness (QED) is 0.460. The van der Waals surface area contributed by atoms with Crippen molar-refractivity contribution in [2.24, 2.45) is 11.7 Å². The van der Waals surface area contributed by atoms with E-state index in [1.165, 1.54) is 22.3 Å². The highest BCUT2D eigenvalue weighted by molar-refractivity contribution is 5.81. The number of alkyl carbamates (subject to hydrolysis) is 1. The van der Waals surface area contributed by atoms with E-state index in [0.29, 0.717) is 32.0 Å². The third kappa shape index (κ3) is 6.33. The fraction of sp³-hybridized carbons (Fsp3) is 0.462. The number of amides is 2. The van der Waals surface area contributed by atoms with E-state index in [2.05, 4.69) is 48.7 Å². The number of ether oxygens (including phenoxy) is 1. The van der Waals surface area contributed by atoms with Gasteiger partial charge in [-0.15, -0.1) is 0 Å². The van der Waals surface area contributed by atoms with Crippen LogP contribution in [0.3, 0.4) is 0 Å². The summed E-state index contributed by atoms with van der Waals surface area (Å²) in [5.74, 6) is 0.506. The maximum atomic E-state index is 12.2. The molecular weight excluding hydrogens is 402 g/mol. The summed E-state index contributed by atoms with van der Waals surface area (Å²) in [6.45, 7) is 5.71. The summed E-state index contributed by atoms with van der Waals surface area (Å²) in [7, 11) is 0. The lowest BCUT2D eigenvalue weighted by Gasteiger charge is -2.15. The summed E-state index contributed by atoms with van der Waals surface area (Å²) in [5.41, 5.74) is 10.8. The van der Waals surface area contributed by atoms with Gasteiger partial charge in [-0.25, -0.2) is 4.79 Å². The molecule has 1 aliphatic carbocycles. The van der Waals surface area contributed by atoms with Gasteiger partial charge in [0.05, 0.1) is 6.04 Å². The molecule has 172 valence electrons. The Morgan fingerprint density at radius 1 is 0.906 bits per heavy atom. The number of carbonyl (C=O) groups excluding carboxylic acids is 2. The monoisotopic (exact) mass is 437 g/mol. The van der Waals surface area contributed by atoms with Crippen molar-refractivity contribution in [1.29, 1.82) is 0 Å². The van der Waals surface area contributed by atoms with Crippen LogP contribution < -0.4 is 16.4 Å². The van der Waals surface area contributed by atoms with E-state index in [4.69, 9.17) is 10.5 Å². The third-order valence-corrected chi connectivity index (χ3v) is 5.91. The van der Waals surface area contributed by atoms with Gasteiger partial charge in [-0.3, -0.25) is 4.79 Å². The van der Waals surface area contributed by atoms with E-state index in [9.17, 15) is 9.59 Å². The zero-order valence-corrected chi connectivity index (χ0v) is 19.1. The minimum atomic E-state index is -0.503. The van der Waals surface area contributed by atoms with Crippen molar-refractivity contribution < 1.29 is 14.3 Å². The highest BCUT2D eigenvalue weighted by atomic mass is 16.5. The molecular formula is C26H35N3O3. The van der Waals surface area contributed by atoms with E-state index >= 15 is 0 Å². The predicted molar refractivity (Wildman–Crippen MR) is 127 cm³/mol. The molecule has 0 saturated carbocycles. The lowest BCUT2D eigenvalue weighted by Crippen LogP contribution is -2.41. The van der Waals surface area contributed by atoms with Crippen LogP contribution in [0.5, 0.6) is 0 Å². The van der Waals surface area contributed by atoms with Crippen molar-refractivity contribution in [2.75, 3.05) is 19.7 Å². The van der Waals surface area contributed by atoms with Crippen molar-refractivity contribution in [2.45, 2.75) is 51.5 Å². The SMILES string of the molecule is CC(C)CCNC(=O)C(N)CCCCNC(=O)OCC1c2ccccc2-c2ccccc21. The Kier molecular flexibility index (Phi) is 8.68. The van der Waals surface area contributed by atoms with Crippen LogP contribution in [0, 0.1) is 5.92 Å². The first kappa shape index (κ1) is 23.8. The second-order valence-electron chi connectivity index (χ2n) is 8.83. The molecule has 4 N–H and O–H groups in total. The fourth-order valence-corrected chi connectivity index (χ4v) is 4.08. The van der Waals surface area contributed by atoms with Crippen molar-refractivity contribution in [3.8, 4) is 11.1 Å². The molecule has 0 radical (unpaired) electrons. The van der Waals surface area contributed by atoms with E-state index in [1.54, 1.807) is 0 Å². The van der Waals surface area contributed by atoms with Gasteiger partial charge in [0.15, 0.2) is 0 Å². The lowest BCUT2D eigenvalue weighted by atomic mass is 9.98. The highest BCUT2D eigenvalue weighted by Gasteiger charge is 2.28. The van der Waals surface area contributed by atoms with Gasteiger partial charge in [-0.05, 0) is 53.9 Å². The molecule has 6 nitrogen and oxygen atoms in total. The van der Waals surface area contributed by atoms with Crippen LogP contribution in [-0.4, -0.2) is 37.7 Å². The Hall–Kier alpha value is -2.86. The van der Waals surface area contributed by atoms with E-state index in [-0.39, 0.29) is 11.8 Å². The first-order valence-electron chi connectivity index (χ1n) is 11.6. The van der Waals surface area contributed by atoms with Crippen molar-refractivity contribution in [3.05, 3.63) is 59.7 Å². The van der Waals surface area contributed by atoms with E-state index in [0.717, 1.165) is 19.3 Å². The number of nitrogens with one attached hydrogen (secondary N) is 2. The molecule has 0 aliphatic heterocycles. The molecule has 6 heteroatoms. The first-order valence-corrected chi connectivity index (χ1v) is 11.6. The van der Waals surface area contributed by atoms with Crippen LogP contribution in [0.2, 0.25) is 0 Å². The second-order valence-corrected chi connectivity index (χ2v) is 8.83. The molecule has 0 aromatic heterocycles. The van der Waals surface area contributed by atoms with E-state index in [1.807, 2.05) is 24.3 Å². The Labute approximate surface area is 190 Å². The minimum Gasteiger partial charge on any atom is -0.449 e. The number of nitrogens with two attached hydrogens (primary N) is 1. The smallest absolute Gasteiger partial charge is 0.407 e. The van der Waals surface area contributed by atoms with Crippen LogP contribution in [0.1, 0.15) is 56.6 Å². The maximum Gasteiger partial charge on any atom is 0.407 e. The molecule has 0 spiro atoms. The number of hydrogen-bond donors (Lipinski definition) is 3. The number of benzene rings is 2. The molecule has 2 amide bonds. The summed E-state index contributed by atoms with van der Waals surface area (Å²) >= 11 is 0. The fourth-order valence-electron chi connectivity index (χ4n) is 4.08. The number of unbranched alkanes of at least 4 members (excludes halogenated alkanes) is 1. The summed E-state index contributed by atoms with van der Waals surface area (Å²) in [5, 5.41) is 5.68. The highest BCUT2D eigenvalue weighted by Crippen LogP contribution is 2.44. The Morgan fingerprint density at radius 2 is 1.53 bits per heavy atom. The van der Waals surface area contributed by atoms with Gasteiger partial charge in [0, 0.05) is 19.0 Å². The van der Waals surface area contributed by atoms with Gasteiger partial charge in [-0.1, -0.05) is 62.4 Å². The van der Waals surface area contributed by atoms with Gasteiger partial charge in [0.2, 0.25) is 5.91 Å². The molecule has 2 aromatic carbocycles. The predicted octanol–water partition coefficient (Wildman–Crippen LogP) is 4.19. The maximum absolute atomic E-state index is 12.2. The van der Waals surface area contributed by atoms with Crippen molar-refractivity contribution in [3.63, 3.8) is 0 Å². The molecule has 0 fully saturated rings. The lowest BCUT2D eigenvalue weighted by molar-refractivity contribution is -0.122. The largest absolute Gasteiger partial charge is 0.449 e. The summed E-state index contributed by atoms with van der Waals surface area (Å²) < 4.78 is 5.53. The van der Waals surface area contributed by atoms with Gasteiger partial charge in [-0.2, -0.15) is 0 Å². The average molecular weight is 438 g/mol. The molecule has 0 saturated heterocycles. The molecule has 1 aliphatic rings. The van der Waals surface area contributed by atoms with Crippen LogP contribution in [0.25, 0.3) is 11.1 Å². The number of carbonyl (C=O) groups is 2. The third-order valence-electron chi connectivity index (χ3n) is 5.91. The Balaban J connectivity index is 1.35. The molecule has 1 unspecified atom stereocenters. The summed E-state index contributed by atoms with van der Waals surface area (Å²) in [6, 6.07) is 16.0. The second kappa shape index (κ2) is 11.7. The molecule has 0 heterocycles. The van der Waals surface area contributed by atoms with Crippen LogP contribution in [0.4, 0.5) is 4.79 Å². The molecule has 3 rings (SSSR count). The number of fused-ring (bicyclic) bond motifs is 3. The first-order chi connectivity index (χ1) is 15.5. The van der Waals surface area contributed by atoms with E-state index < -0.39 is 12.1 Å². The number of hydrogen-bond acceptors (Lipinski definition) is 4. The standard InChI is InChI=1S/C26H35N3O3/c1-18(2)14-16-28-25(30)24(27)13-7-8-15-29-26(31)32-17-23-21-11-5-3-9-19(21)20-10-4-6-12-22(20)23/h3-6,9-12,18,23-24H,7-8,13-17,27H2,1-2H3,(H,28,30)(H,29,31). The molecule has 1 atom stereocenters. The van der Waals surface area contributed by atoms with Gasteiger partial charge in [0.1, 0.15) is 6.61 Å². The zero-order valence-electron chi connectivity index (χ0n) is 19.1. The zero-order chi connectivity index (χ0) is 22.9. The van der Waals surface area contributed by atoms with Gasteiger partial charge >= 0.3 is 6.09 Å². The van der Waals surface area contributed by atoms with Crippen LogP contribution in [-0.2, 0) is 9.53 Å². The van der Waals surface area contributed by atoms with Crippen molar-refractivity contribution in [1.82, 2.24) is 10.6 Å². The molecule has 32 heavy (non-hydrogen) atoms. The topological polar surface area (TPSA) is 93.5 Å². The van der Waals surface area contributed by atoms with Gasteiger partial charge in [0.25, 0.3) is 0 Å². The summed E-state index contributed by atoms with van der Waals surface area (Å²) in [4.78, 5) is 24.1. The average Bonchev–Trinajstić information content (AvgIpc) is 3.10. The normalized spacial score (nSPS) is 13.4. The van der Waals surface area contributed by atoms with Crippen LogP contribution in [0.15, 0.2) is 48.5 Å². The Morgan fingerprint density at radius 3 is 2.16 bits per heavy atom. The minimum absolute atomic E-state index is 0.0559. The van der Waals surface area contributed by atoms with Crippen molar-refractivity contribution >= 4 is 12.0 Å². The Bertz CT molecular complexity index is 867. The number of rotatable bonds is 11.